The van der Waals surface area contributed by atoms with Gasteiger partial charge in [-0.05, 0) is 67.8 Å². The average Bonchev–Trinajstić information content (AvgIpc) is 2.77. The first-order valence-electron chi connectivity index (χ1n) is 9.89. The van der Waals surface area contributed by atoms with E-state index in [0.717, 1.165) is 42.1 Å². The maximum absolute atomic E-state index is 12.7. The first-order chi connectivity index (χ1) is 14.9. The van der Waals surface area contributed by atoms with Crippen LogP contribution in [0.3, 0.4) is 0 Å². The SMILES string of the molecule is O=C(CCCCCOc1ccc(-c2ccccn2)cc1)Nc1ccnc(C(F)(F)F)c1. The highest BCUT2D eigenvalue weighted by atomic mass is 19.4. The molecule has 0 saturated carbocycles. The maximum atomic E-state index is 12.7. The van der Waals surface area contributed by atoms with Crippen molar-refractivity contribution in [2.45, 2.75) is 31.9 Å². The molecule has 8 heteroatoms. The number of alkyl halides is 3. The van der Waals surface area contributed by atoms with Gasteiger partial charge in [0.05, 0.1) is 12.3 Å². The Morgan fingerprint density at radius 3 is 2.45 bits per heavy atom. The Morgan fingerprint density at radius 2 is 1.74 bits per heavy atom. The number of nitrogens with zero attached hydrogens (tertiary/aromatic N) is 2. The second kappa shape index (κ2) is 10.6. The Hall–Kier alpha value is -3.42. The van der Waals surface area contributed by atoms with Crippen LogP contribution in [0.2, 0.25) is 0 Å². The molecule has 3 rings (SSSR count). The largest absolute Gasteiger partial charge is 0.494 e. The number of nitrogens with one attached hydrogen (secondary N) is 1. The van der Waals surface area contributed by atoms with Crippen LogP contribution < -0.4 is 10.1 Å². The number of carbonyl (C=O) groups is 1. The van der Waals surface area contributed by atoms with Crippen LogP contribution in [0.15, 0.2) is 67.0 Å². The standard InChI is InChI=1S/C23H22F3N3O2/c24-23(25,26)21-16-18(12-14-28-21)29-22(30)7-2-1-5-15-31-19-10-8-17(9-11-19)20-6-3-4-13-27-20/h3-4,6,8-14,16H,1-2,5,7,15H2,(H,28,29,30). The van der Waals surface area contributed by atoms with Crippen molar-refractivity contribution in [2.24, 2.45) is 0 Å². The van der Waals surface area contributed by atoms with E-state index in [-0.39, 0.29) is 18.0 Å². The molecule has 1 aromatic carbocycles. The molecule has 0 unspecified atom stereocenters. The number of amides is 1. The molecule has 162 valence electrons. The van der Waals surface area contributed by atoms with Crippen LogP contribution in [-0.4, -0.2) is 22.5 Å². The molecule has 1 amide bonds. The number of pyridine rings is 2. The van der Waals surface area contributed by atoms with E-state index in [1.54, 1.807) is 6.20 Å². The molecule has 0 aliphatic carbocycles. The van der Waals surface area contributed by atoms with Crippen molar-refractivity contribution in [1.29, 1.82) is 0 Å². The summed E-state index contributed by atoms with van der Waals surface area (Å²) in [7, 11) is 0. The first kappa shape index (κ1) is 22.3. The summed E-state index contributed by atoms with van der Waals surface area (Å²) in [6.07, 6.45) is 0.606. The minimum Gasteiger partial charge on any atom is -0.494 e. The molecule has 0 fully saturated rings. The van der Waals surface area contributed by atoms with Crippen molar-refractivity contribution in [3.8, 4) is 17.0 Å². The quantitative estimate of drug-likeness (QED) is 0.441. The Bertz CT molecular complexity index is 977. The molecule has 2 aromatic heterocycles. The van der Waals surface area contributed by atoms with Gasteiger partial charge in [-0.3, -0.25) is 14.8 Å². The molecule has 0 saturated heterocycles. The fourth-order valence-corrected chi connectivity index (χ4v) is 2.90. The van der Waals surface area contributed by atoms with Crippen LogP contribution in [0.1, 0.15) is 31.4 Å². The molecule has 31 heavy (non-hydrogen) atoms. The summed E-state index contributed by atoms with van der Waals surface area (Å²) < 4.78 is 43.7. The lowest BCUT2D eigenvalue weighted by atomic mass is 10.1. The minimum absolute atomic E-state index is 0.0878. The van der Waals surface area contributed by atoms with E-state index in [4.69, 9.17) is 4.74 Å². The van der Waals surface area contributed by atoms with Crippen LogP contribution in [0.25, 0.3) is 11.3 Å². The highest BCUT2D eigenvalue weighted by Gasteiger charge is 2.32. The Morgan fingerprint density at radius 1 is 0.935 bits per heavy atom. The van der Waals surface area contributed by atoms with Crippen LogP contribution >= 0.6 is 0 Å². The number of benzene rings is 1. The van der Waals surface area contributed by atoms with E-state index in [1.165, 1.54) is 6.07 Å². The van der Waals surface area contributed by atoms with Gasteiger partial charge in [0.15, 0.2) is 0 Å². The Labute approximate surface area is 178 Å². The molecular weight excluding hydrogens is 407 g/mol. The highest BCUT2D eigenvalue weighted by molar-refractivity contribution is 5.90. The number of halogens is 3. The molecule has 0 bridgehead atoms. The van der Waals surface area contributed by atoms with E-state index < -0.39 is 11.9 Å². The number of aromatic nitrogens is 2. The van der Waals surface area contributed by atoms with Gasteiger partial charge in [0.25, 0.3) is 0 Å². The van der Waals surface area contributed by atoms with Crippen LogP contribution in [0.4, 0.5) is 18.9 Å². The minimum atomic E-state index is -4.54. The van der Waals surface area contributed by atoms with Gasteiger partial charge in [0.1, 0.15) is 11.4 Å². The second-order valence-corrected chi connectivity index (χ2v) is 6.87. The third-order valence-electron chi connectivity index (χ3n) is 4.47. The number of hydrogen-bond acceptors (Lipinski definition) is 4. The summed E-state index contributed by atoms with van der Waals surface area (Å²) in [4.78, 5) is 19.5. The second-order valence-electron chi connectivity index (χ2n) is 6.87. The van der Waals surface area contributed by atoms with Gasteiger partial charge >= 0.3 is 6.18 Å². The van der Waals surface area contributed by atoms with Gasteiger partial charge in [-0.2, -0.15) is 13.2 Å². The number of unbranched alkanes of at least 4 members (excludes halogenated alkanes) is 2. The van der Waals surface area contributed by atoms with Gasteiger partial charge in [-0.1, -0.05) is 6.07 Å². The zero-order valence-electron chi connectivity index (χ0n) is 16.7. The van der Waals surface area contributed by atoms with E-state index in [2.05, 4.69) is 15.3 Å². The van der Waals surface area contributed by atoms with Gasteiger partial charge < -0.3 is 10.1 Å². The highest BCUT2D eigenvalue weighted by Crippen LogP contribution is 2.28. The summed E-state index contributed by atoms with van der Waals surface area (Å²) in [6.45, 7) is 0.518. The number of anilines is 1. The van der Waals surface area contributed by atoms with Crippen molar-refractivity contribution >= 4 is 11.6 Å². The predicted octanol–water partition coefficient (Wildman–Crippen LogP) is 5.74. The van der Waals surface area contributed by atoms with Gasteiger partial charge in [-0.25, -0.2) is 0 Å². The molecule has 5 nitrogen and oxygen atoms in total. The smallest absolute Gasteiger partial charge is 0.433 e. The molecule has 0 spiro atoms. The van der Waals surface area contributed by atoms with Crippen molar-refractivity contribution in [1.82, 2.24) is 9.97 Å². The third kappa shape index (κ3) is 7.09. The summed E-state index contributed by atoms with van der Waals surface area (Å²) >= 11 is 0. The van der Waals surface area contributed by atoms with Crippen LogP contribution in [0.5, 0.6) is 5.75 Å². The first-order valence-corrected chi connectivity index (χ1v) is 9.89. The van der Waals surface area contributed by atoms with Crippen molar-refractivity contribution in [3.63, 3.8) is 0 Å². The molecule has 3 aromatic rings. The molecular formula is C23H22F3N3O2. The van der Waals surface area contributed by atoms with Gasteiger partial charge in [0, 0.05) is 30.1 Å². The number of rotatable bonds is 9. The molecule has 1 N–H and O–H groups in total. The average molecular weight is 429 g/mol. The lowest BCUT2D eigenvalue weighted by Gasteiger charge is -2.09. The van der Waals surface area contributed by atoms with Crippen LogP contribution in [0, 0.1) is 0 Å². The van der Waals surface area contributed by atoms with E-state index in [0.29, 0.717) is 13.0 Å². The summed E-state index contributed by atoms with van der Waals surface area (Å²) in [5, 5.41) is 2.47. The summed E-state index contributed by atoms with van der Waals surface area (Å²) in [6, 6.07) is 15.6. The fourth-order valence-electron chi connectivity index (χ4n) is 2.90. The number of carbonyl (C=O) groups excluding carboxylic acids is 1. The molecule has 0 aliphatic rings. The molecule has 0 atom stereocenters. The lowest BCUT2D eigenvalue weighted by Crippen LogP contribution is -2.13. The van der Waals surface area contributed by atoms with E-state index in [9.17, 15) is 18.0 Å². The van der Waals surface area contributed by atoms with E-state index in [1.807, 2.05) is 42.5 Å². The zero-order chi connectivity index (χ0) is 22.1. The van der Waals surface area contributed by atoms with E-state index >= 15 is 0 Å². The lowest BCUT2D eigenvalue weighted by molar-refractivity contribution is -0.141. The Kier molecular flexibility index (Phi) is 7.59. The van der Waals surface area contributed by atoms with Crippen molar-refractivity contribution in [3.05, 3.63) is 72.7 Å². The van der Waals surface area contributed by atoms with Crippen molar-refractivity contribution < 1.29 is 22.7 Å². The maximum Gasteiger partial charge on any atom is 0.433 e. The summed E-state index contributed by atoms with van der Waals surface area (Å²) in [5.74, 6) is 0.431. The predicted molar refractivity (Wildman–Crippen MR) is 112 cm³/mol. The fraction of sp³-hybridized carbons (Fsp3) is 0.261. The normalized spacial score (nSPS) is 11.2. The van der Waals surface area contributed by atoms with Crippen molar-refractivity contribution in [2.75, 3.05) is 11.9 Å². The topological polar surface area (TPSA) is 64.1 Å². The number of ether oxygens (including phenoxy) is 1. The summed E-state index contributed by atoms with van der Waals surface area (Å²) in [5.41, 5.74) is 0.963. The number of hydrogen-bond donors (Lipinski definition) is 1. The molecule has 2 heterocycles. The Balaban J connectivity index is 1.33. The monoisotopic (exact) mass is 429 g/mol. The molecule has 0 radical (unpaired) electrons. The zero-order valence-corrected chi connectivity index (χ0v) is 16.7. The third-order valence-corrected chi connectivity index (χ3v) is 4.47. The molecule has 0 aliphatic heterocycles. The van der Waals surface area contributed by atoms with Crippen LogP contribution in [-0.2, 0) is 11.0 Å². The van der Waals surface area contributed by atoms with Gasteiger partial charge in [0.2, 0.25) is 5.91 Å². The van der Waals surface area contributed by atoms with Gasteiger partial charge in [-0.15, -0.1) is 0 Å².